The van der Waals surface area contributed by atoms with E-state index in [4.69, 9.17) is 9.47 Å². The molecular weight excluding hydrogens is 226 g/mol. The quantitative estimate of drug-likeness (QED) is 0.445. The number of carbonyl (C=O) groups excluding carboxylic acids is 1. The Morgan fingerprint density at radius 3 is 2.47 bits per heavy atom. The van der Waals surface area contributed by atoms with Crippen molar-refractivity contribution in [1.82, 2.24) is 0 Å². The molecule has 0 spiro atoms. The Morgan fingerprint density at radius 2 is 2.00 bits per heavy atom. The smallest absolute Gasteiger partial charge is 0.347 e. The molecule has 0 saturated heterocycles. The third-order valence-electron chi connectivity index (χ3n) is 1.98. The minimum Gasteiger partial charge on any atom is -0.479 e. The van der Waals surface area contributed by atoms with E-state index in [0.29, 0.717) is 5.75 Å². The Labute approximate surface area is 98.3 Å². The highest BCUT2D eigenvalue weighted by atomic mass is 16.6. The van der Waals surface area contributed by atoms with Crippen LogP contribution >= 0.6 is 0 Å². The van der Waals surface area contributed by atoms with Gasteiger partial charge in [-0.1, -0.05) is 0 Å². The summed E-state index contributed by atoms with van der Waals surface area (Å²) in [6.45, 7) is 3.54. The minimum absolute atomic E-state index is 0.0267. The highest BCUT2D eigenvalue weighted by molar-refractivity contribution is 5.74. The van der Waals surface area contributed by atoms with Gasteiger partial charge in [0.1, 0.15) is 5.75 Å². The van der Waals surface area contributed by atoms with Crippen LogP contribution in [0.5, 0.6) is 5.75 Å². The van der Waals surface area contributed by atoms with Gasteiger partial charge in [0, 0.05) is 12.1 Å². The second kappa shape index (κ2) is 5.83. The molecule has 0 bridgehead atoms. The summed E-state index contributed by atoms with van der Waals surface area (Å²) in [5, 5.41) is 10.4. The monoisotopic (exact) mass is 239 g/mol. The maximum absolute atomic E-state index is 11.3. The molecule has 17 heavy (non-hydrogen) atoms. The van der Waals surface area contributed by atoms with E-state index >= 15 is 0 Å². The van der Waals surface area contributed by atoms with E-state index < -0.39 is 17.0 Å². The second-order valence-corrected chi connectivity index (χ2v) is 3.26. The van der Waals surface area contributed by atoms with Crippen LogP contribution in [-0.4, -0.2) is 23.6 Å². The molecule has 0 fully saturated rings. The van der Waals surface area contributed by atoms with E-state index in [0.717, 1.165) is 0 Å². The topological polar surface area (TPSA) is 78.7 Å². The van der Waals surface area contributed by atoms with Gasteiger partial charge in [-0.3, -0.25) is 10.1 Å². The SMILES string of the molecule is CCOC(=O)[C@H](C)Oc1ccc([N+](=O)[O-])cc1. The summed E-state index contributed by atoms with van der Waals surface area (Å²) >= 11 is 0. The molecule has 0 unspecified atom stereocenters. The molecule has 0 N–H and O–H groups in total. The zero-order chi connectivity index (χ0) is 12.8. The van der Waals surface area contributed by atoms with Crippen LogP contribution < -0.4 is 4.74 Å². The number of ether oxygens (including phenoxy) is 2. The van der Waals surface area contributed by atoms with Crippen LogP contribution in [-0.2, 0) is 9.53 Å². The van der Waals surface area contributed by atoms with Gasteiger partial charge in [-0.2, -0.15) is 0 Å². The van der Waals surface area contributed by atoms with Crippen molar-refractivity contribution in [3.8, 4) is 5.75 Å². The summed E-state index contributed by atoms with van der Waals surface area (Å²) in [6.07, 6.45) is -0.739. The van der Waals surface area contributed by atoms with Gasteiger partial charge < -0.3 is 9.47 Å². The molecule has 0 aliphatic rings. The van der Waals surface area contributed by atoms with Crippen LogP contribution in [0.15, 0.2) is 24.3 Å². The Balaban J connectivity index is 2.63. The molecule has 1 aromatic rings. The molecule has 0 aliphatic heterocycles. The summed E-state index contributed by atoms with van der Waals surface area (Å²) in [5.74, 6) is -0.0815. The van der Waals surface area contributed by atoms with E-state index in [-0.39, 0.29) is 12.3 Å². The van der Waals surface area contributed by atoms with Crippen molar-refractivity contribution in [2.45, 2.75) is 20.0 Å². The van der Waals surface area contributed by atoms with E-state index in [2.05, 4.69) is 0 Å². The molecule has 6 heteroatoms. The zero-order valence-corrected chi connectivity index (χ0v) is 9.58. The molecule has 0 aliphatic carbocycles. The van der Waals surface area contributed by atoms with E-state index in [1.54, 1.807) is 13.8 Å². The third-order valence-corrected chi connectivity index (χ3v) is 1.98. The number of esters is 1. The van der Waals surface area contributed by atoms with Gasteiger partial charge in [0.25, 0.3) is 5.69 Å². The van der Waals surface area contributed by atoms with Crippen LogP contribution in [0.4, 0.5) is 5.69 Å². The fourth-order valence-electron chi connectivity index (χ4n) is 1.16. The summed E-state index contributed by atoms with van der Waals surface area (Å²) in [7, 11) is 0. The third kappa shape index (κ3) is 3.75. The molecule has 1 aromatic carbocycles. The van der Waals surface area contributed by atoms with Gasteiger partial charge in [0.15, 0.2) is 6.10 Å². The van der Waals surface area contributed by atoms with Gasteiger partial charge in [-0.25, -0.2) is 4.79 Å². The number of nitrogens with zero attached hydrogens (tertiary/aromatic N) is 1. The second-order valence-electron chi connectivity index (χ2n) is 3.26. The molecule has 92 valence electrons. The highest BCUT2D eigenvalue weighted by Gasteiger charge is 2.16. The first-order chi connectivity index (χ1) is 8.04. The van der Waals surface area contributed by atoms with Gasteiger partial charge in [0.05, 0.1) is 11.5 Å². The van der Waals surface area contributed by atoms with Crippen molar-refractivity contribution < 1.29 is 19.2 Å². The first-order valence-corrected chi connectivity index (χ1v) is 5.12. The average Bonchev–Trinajstić information content (AvgIpc) is 2.30. The maximum Gasteiger partial charge on any atom is 0.347 e. The van der Waals surface area contributed by atoms with Crippen molar-refractivity contribution >= 4 is 11.7 Å². The van der Waals surface area contributed by atoms with Crippen LogP contribution in [0.1, 0.15) is 13.8 Å². The Hall–Kier alpha value is -2.11. The molecule has 0 amide bonds. The Kier molecular flexibility index (Phi) is 4.45. The standard InChI is InChI=1S/C11H13NO5/c1-3-16-11(13)8(2)17-10-6-4-9(5-7-10)12(14)15/h4-8H,3H2,1-2H3/t8-/m0/s1. The van der Waals surface area contributed by atoms with Crippen molar-refractivity contribution in [3.63, 3.8) is 0 Å². The molecule has 0 heterocycles. The lowest BCUT2D eigenvalue weighted by molar-refractivity contribution is -0.384. The first kappa shape index (κ1) is 13.0. The number of nitro groups is 1. The van der Waals surface area contributed by atoms with E-state index in [1.165, 1.54) is 24.3 Å². The van der Waals surface area contributed by atoms with Crippen molar-refractivity contribution in [2.75, 3.05) is 6.61 Å². The first-order valence-electron chi connectivity index (χ1n) is 5.12. The van der Waals surface area contributed by atoms with Crippen LogP contribution in [0.2, 0.25) is 0 Å². The number of hydrogen-bond acceptors (Lipinski definition) is 5. The number of nitro benzene ring substituents is 1. The van der Waals surface area contributed by atoms with Crippen molar-refractivity contribution in [1.29, 1.82) is 0 Å². The number of rotatable bonds is 5. The van der Waals surface area contributed by atoms with Gasteiger partial charge in [0.2, 0.25) is 0 Å². The highest BCUT2D eigenvalue weighted by Crippen LogP contribution is 2.18. The summed E-state index contributed by atoms with van der Waals surface area (Å²) < 4.78 is 10.0. The molecule has 0 aromatic heterocycles. The Morgan fingerprint density at radius 1 is 1.41 bits per heavy atom. The molecule has 1 atom stereocenters. The predicted molar refractivity (Wildman–Crippen MR) is 59.8 cm³/mol. The summed E-state index contributed by atoms with van der Waals surface area (Å²) in [6, 6.07) is 5.50. The summed E-state index contributed by atoms with van der Waals surface area (Å²) in [4.78, 5) is 21.2. The fourth-order valence-corrected chi connectivity index (χ4v) is 1.16. The number of non-ortho nitro benzene ring substituents is 1. The van der Waals surface area contributed by atoms with Crippen LogP contribution in [0, 0.1) is 10.1 Å². The van der Waals surface area contributed by atoms with Gasteiger partial charge in [-0.15, -0.1) is 0 Å². The Bertz CT molecular complexity index is 401. The normalized spacial score (nSPS) is 11.6. The number of carbonyl (C=O) groups is 1. The molecular formula is C11H13NO5. The van der Waals surface area contributed by atoms with Crippen molar-refractivity contribution in [2.24, 2.45) is 0 Å². The van der Waals surface area contributed by atoms with Crippen LogP contribution in [0.25, 0.3) is 0 Å². The lowest BCUT2D eigenvalue weighted by Gasteiger charge is -2.12. The lowest BCUT2D eigenvalue weighted by atomic mass is 10.3. The number of benzene rings is 1. The predicted octanol–water partition coefficient (Wildman–Crippen LogP) is 1.93. The van der Waals surface area contributed by atoms with Gasteiger partial charge >= 0.3 is 5.97 Å². The van der Waals surface area contributed by atoms with E-state index in [1.807, 2.05) is 0 Å². The average molecular weight is 239 g/mol. The lowest BCUT2D eigenvalue weighted by Crippen LogP contribution is -2.25. The number of hydrogen-bond donors (Lipinski definition) is 0. The van der Waals surface area contributed by atoms with E-state index in [9.17, 15) is 14.9 Å². The molecule has 1 rings (SSSR count). The molecule has 0 radical (unpaired) electrons. The zero-order valence-electron chi connectivity index (χ0n) is 9.58. The van der Waals surface area contributed by atoms with Crippen molar-refractivity contribution in [3.05, 3.63) is 34.4 Å². The largest absolute Gasteiger partial charge is 0.479 e. The summed E-state index contributed by atoms with van der Waals surface area (Å²) in [5.41, 5.74) is -0.0267. The van der Waals surface area contributed by atoms with Gasteiger partial charge in [-0.05, 0) is 26.0 Å². The molecule has 0 saturated carbocycles. The fraction of sp³-hybridized carbons (Fsp3) is 0.364. The van der Waals surface area contributed by atoms with Crippen LogP contribution in [0.3, 0.4) is 0 Å². The minimum atomic E-state index is -0.739. The maximum atomic E-state index is 11.3. The molecule has 6 nitrogen and oxygen atoms in total.